The molecule has 1 aromatic carbocycles. The molecule has 1 fully saturated rings. The highest BCUT2D eigenvalue weighted by Crippen LogP contribution is 2.21. The number of likely N-dealkylation sites (tertiary alicyclic amines) is 1. The van der Waals surface area contributed by atoms with Gasteiger partial charge < -0.3 is 9.64 Å². The van der Waals surface area contributed by atoms with E-state index < -0.39 is 5.82 Å². The minimum Gasteiger partial charge on any atom is -0.380 e. The average molecular weight is 272 g/mol. The van der Waals surface area contributed by atoms with Gasteiger partial charge in [-0.1, -0.05) is 17.7 Å². The highest BCUT2D eigenvalue weighted by Gasteiger charge is 2.26. The van der Waals surface area contributed by atoms with Crippen LogP contribution in [0.2, 0.25) is 5.02 Å². The molecule has 0 spiro atoms. The van der Waals surface area contributed by atoms with Gasteiger partial charge in [-0.2, -0.15) is 0 Å². The Labute approximate surface area is 110 Å². The number of carbonyl (C=O) groups is 1. The number of rotatable bonds is 3. The van der Waals surface area contributed by atoms with Crippen LogP contribution in [-0.4, -0.2) is 37.1 Å². The van der Waals surface area contributed by atoms with E-state index >= 15 is 0 Å². The lowest BCUT2D eigenvalue weighted by Crippen LogP contribution is -2.31. The molecule has 1 heterocycles. The van der Waals surface area contributed by atoms with Crippen molar-refractivity contribution in [1.82, 2.24) is 4.90 Å². The van der Waals surface area contributed by atoms with E-state index in [0.29, 0.717) is 18.1 Å². The second-order valence-corrected chi connectivity index (χ2v) is 4.77. The smallest absolute Gasteiger partial charge is 0.227 e. The molecule has 98 valence electrons. The van der Waals surface area contributed by atoms with Crippen molar-refractivity contribution in [3.8, 4) is 0 Å². The Morgan fingerprint density at radius 2 is 2.39 bits per heavy atom. The van der Waals surface area contributed by atoms with Gasteiger partial charge in [-0.05, 0) is 18.6 Å². The molecule has 1 aliphatic heterocycles. The van der Waals surface area contributed by atoms with Crippen molar-refractivity contribution < 1.29 is 13.9 Å². The Bertz CT molecular complexity index is 432. The fourth-order valence-corrected chi connectivity index (χ4v) is 2.34. The maximum Gasteiger partial charge on any atom is 0.227 e. The molecular formula is C13H15ClFNO2. The second-order valence-electron chi connectivity index (χ2n) is 4.36. The molecule has 5 heteroatoms. The first kappa shape index (κ1) is 13.3. The quantitative estimate of drug-likeness (QED) is 0.844. The number of nitrogens with zero attached hydrogens (tertiary/aromatic N) is 1. The molecule has 0 saturated carbocycles. The van der Waals surface area contributed by atoms with Crippen LogP contribution in [0.25, 0.3) is 0 Å². The fraction of sp³-hybridized carbons (Fsp3) is 0.462. The number of ether oxygens (including phenoxy) is 1. The molecule has 18 heavy (non-hydrogen) atoms. The van der Waals surface area contributed by atoms with Crippen molar-refractivity contribution in [2.45, 2.75) is 18.9 Å². The lowest BCUT2D eigenvalue weighted by Gasteiger charge is -2.16. The highest BCUT2D eigenvalue weighted by molar-refractivity contribution is 6.31. The third kappa shape index (κ3) is 2.82. The van der Waals surface area contributed by atoms with Gasteiger partial charge in [0.25, 0.3) is 0 Å². The van der Waals surface area contributed by atoms with Crippen LogP contribution in [0.4, 0.5) is 4.39 Å². The summed E-state index contributed by atoms with van der Waals surface area (Å²) in [7, 11) is 1.63. The Morgan fingerprint density at radius 1 is 1.61 bits per heavy atom. The van der Waals surface area contributed by atoms with Crippen LogP contribution in [0, 0.1) is 5.82 Å². The number of hydrogen-bond acceptors (Lipinski definition) is 2. The third-order valence-electron chi connectivity index (χ3n) is 3.22. The number of methoxy groups -OCH3 is 1. The largest absolute Gasteiger partial charge is 0.380 e. The van der Waals surface area contributed by atoms with Gasteiger partial charge >= 0.3 is 0 Å². The summed E-state index contributed by atoms with van der Waals surface area (Å²) in [5, 5.41) is 0.297. The van der Waals surface area contributed by atoms with E-state index in [1.54, 1.807) is 18.1 Å². The molecule has 1 amide bonds. The van der Waals surface area contributed by atoms with E-state index in [0.717, 1.165) is 6.42 Å². The monoisotopic (exact) mass is 271 g/mol. The minimum atomic E-state index is -0.432. The van der Waals surface area contributed by atoms with Crippen LogP contribution >= 0.6 is 11.6 Å². The first-order chi connectivity index (χ1) is 8.61. The molecule has 1 aromatic rings. The number of hydrogen-bond donors (Lipinski definition) is 0. The summed E-state index contributed by atoms with van der Waals surface area (Å²) in [4.78, 5) is 13.7. The molecule has 0 aliphatic carbocycles. The molecule has 0 bridgehead atoms. The van der Waals surface area contributed by atoms with Crippen LogP contribution < -0.4 is 0 Å². The molecule has 0 aromatic heterocycles. The van der Waals surface area contributed by atoms with Gasteiger partial charge in [0, 0.05) is 30.8 Å². The van der Waals surface area contributed by atoms with Crippen molar-refractivity contribution in [3.05, 3.63) is 34.6 Å². The normalized spacial score (nSPS) is 19.3. The SMILES string of the molecule is CO[C@@H]1CCN(C(=O)Cc2c(F)cccc2Cl)C1. The van der Waals surface area contributed by atoms with Gasteiger partial charge in [-0.15, -0.1) is 0 Å². The van der Waals surface area contributed by atoms with Crippen LogP contribution in [0.15, 0.2) is 18.2 Å². The van der Waals surface area contributed by atoms with Crippen LogP contribution in [-0.2, 0) is 16.0 Å². The third-order valence-corrected chi connectivity index (χ3v) is 3.57. The maximum atomic E-state index is 13.6. The molecule has 1 atom stereocenters. The second kappa shape index (κ2) is 5.67. The summed E-state index contributed by atoms with van der Waals surface area (Å²) < 4.78 is 18.8. The molecule has 1 saturated heterocycles. The molecule has 1 aliphatic rings. The van der Waals surface area contributed by atoms with E-state index in [2.05, 4.69) is 0 Å². The Kier molecular flexibility index (Phi) is 4.19. The maximum absolute atomic E-state index is 13.6. The summed E-state index contributed by atoms with van der Waals surface area (Å²) in [5.41, 5.74) is 0.269. The molecule has 3 nitrogen and oxygen atoms in total. The van der Waals surface area contributed by atoms with Crippen molar-refractivity contribution in [2.75, 3.05) is 20.2 Å². The van der Waals surface area contributed by atoms with E-state index in [9.17, 15) is 9.18 Å². The predicted molar refractivity (Wildman–Crippen MR) is 67.1 cm³/mol. The first-order valence-corrected chi connectivity index (χ1v) is 6.23. The van der Waals surface area contributed by atoms with Gasteiger partial charge in [0.1, 0.15) is 5.82 Å². The Morgan fingerprint density at radius 3 is 3.00 bits per heavy atom. The highest BCUT2D eigenvalue weighted by atomic mass is 35.5. The summed E-state index contributed by atoms with van der Waals surface area (Å²) in [6.07, 6.45) is 0.917. The van der Waals surface area contributed by atoms with Crippen LogP contribution in [0.1, 0.15) is 12.0 Å². The topological polar surface area (TPSA) is 29.5 Å². The predicted octanol–water partition coefficient (Wildman–Crippen LogP) is 2.27. The van der Waals surface area contributed by atoms with Crippen molar-refractivity contribution in [1.29, 1.82) is 0 Å². The zero-order valence-corrected chi connectivity index (χ0v) is 10.9. The van der Waals surface area contributed by atoms with E-state index in [1.807, 2.05) is 0 Å². The van der Waals surface area contributed by atoms with Crippen molar-refractivity contribution in [3.63, 3.8) is 0 Å². The summed E-state index contributed by atoms with van der Waals surface area (Å²) in [5.74, 6) is -0.542. The standard InChI is InChI=1S/C13H15ClFNO2/c1-18-9-5-6-16(8-9)13(17)7-10-11(14)3-2-4-12(10)15/h2-4,9H,5-8H2,1H3/t9-/m1/s1. The van der Waals surface area contributed by atoms with E-state index in [-0.39, 0.29) is 24.0 Å². The summed E-state index contributed by atoms with van der Waals surface area (Å²) in [6.45, 7) is 1.23. The summed E-state index contributed by atoms with van der Waals surface area (Å²) in [6, 6.07) is 4.44. The number of halogens is 2. The molecule has 0 N–H and O–H groups in total. The average Bonchev–Trinajstić information content (AvgIpc) is 2.82. The lowest BCUT2D eigenvalue weighted by atomic mass is 10.1. The number of carbonyl (C=O) groups excluding carboxylic acids is 1. The number of benzene rings is 1. The van der Waals surface area contributed by atoms with Crippen LogP contribution in [0.3, 0.4) is 0 Å². The van der Waals surface area contributed by atoms with Crippen molar-refractivity contribution in [2.24, 2.45) is 0 Å². The van der Waals surface area contributed by atoms with Crippen LogP contribution in [0.5, 0.6) is 0 Å². The first-order valence-electron chi connectivity index (χ1n) is 5.85. The fourth-order valence-electron chi connectivity index (χ4n) is 2.11. The van der Waals surface area contributed by atoms with Gasteiger partial charge in [0.2, 0.25) is 5.91 Å². The zero-order chi connectivity index (χ0) is 13.1. The number of amides is 1. The zero-order valence-electron chi connectivity index (χ0n) is 10.2. The van der Waals surface area contributed by atoms with Gasteiger partial charge in [0.15, 0.2) is 0 Å². The molecule has 2 rings (SSSR count). The molecule has 0 radical (unpaired) electrons. The minimum absolute atomic E-state index is 0.00193. The molecular weight excluding hydrogens is 257 g/mol. The van der Waals surface area contributed by atoms with Gasteiger partial charge in [-0.25, -0.2) is 4.39 Å². The molecule has 0 unspecified atom stereocenters. The Balaban J connectivity index is 2.04. The van der Waals surface area contributed by atoms with Gasteiger partial charge in [0.05, 0.1) is 12.5 Å². The van der Waals surface area contributed by atoms with E-state index in [1.165, 1.54) is 12.1 Å². The van der Waals surface area contributed by atoms with Crippen molar-refractivity contribution >= 4 is 17.5 Å². The van der Waals surface area contributed by atoms with Gasteiger partial charge in [-0.3, -0.25) is 4.79 Å². The Hall–Kier alpha value is -1.13. The lowest BCUT2D eigenvalue weighted by molar-refractivity contribution is -0.129. The summed E-state index contributed by atoms with van der Waals surface area (Å²) >= 11 is 5.90. The van der Waals surface area contributed by atoms with E-state index in [4.69, 9.17) is 16.3 Å².